The van der Waals surface area contributed by atoms with E-state index >= 15 is 0 Å². The molecule has 1 heterocycles. The third-order valence-electron chi connectivity index (χ3n) is 4.90. The van der Waals surface area contributed by atoms with Gasteiger partial charge in [0.05, 0.1) is 0 Å². The molecule has 2 atom stereocenters. The van der Waals surface area contributed by atoms with Gasteiger partial charge in [0.15, 0.2) is 0 Å². The van der Waals surface area contributed by atoms with Gasteiger partial charge in [-0.15, -0.1) is 0 Å². The highest BCUT2D eigenvalue weighted by Gasteiger charge is 2.38. The molecule has 1 aromatic carbocycles. The molecule has 9 heteroatoms. The van der Waals surface area contributed by atoms with E-state index in [1.807, 2.05) is 18.4 Å². The SMILES string of the molecule is CSCC[C@H](NC(=O)OC(C)(C)C)C(=O)N1CCC[C@H]1C(=O)Nc1ccc(CN)cc1. The van der Waals surface area contributed by atoms with Crippen LogP contribution in [0.3, 0.4) is 0 Å². The minimum absolute atomic E-state index is 0.229. The molecule has 8 nitrogen and oxygen atoms in total. The van der Waals surface area contributed by atoms with Gasteiger partial charge in [-0.25, -0.2) is 4.79 Å². The van der Waals surface area contributed by atoms with Crippen molar-refractivity contribution in [2.24, 2.45) is 5.73 Å². The Bertz CT molecular complexity index is 764. The number of thioether (sulfide) groups is 1. The molecule has 0 aliphatic carbocycles. The van der Waals surface area contributed by atoms with Gasteiger partial charge in [-0.3, -0.25) is 9.59 Å². The topological polar surface area (TPSA) is 114 Å². The Morgan fingerprint density at radius 1 is 1.26 bits per heavy atom. The molecule has 4 N–H and O–H groups in total. The van der Waals surface area contributed by atoms with Crippen molar-refractivity contribution >= 4 is 35.4 Å². The standard InChI is InChI=1S/C22H34N4O4S/c1-22(2,3)30-21(29)25-17(11-13-31-4)20(28)26-12-5-6-18(26)19(27)24-16-9-7-15(14-23)8-10-16/h7-10,17-18H,5-6,11-14,23H2,1-4H3,(H,24,27)(H,25,29)/t17-,18-/m0/s1. The zero-order valence-corrected chi connectivity index (χ0v) is 19.6. The summed E-state index contributed by atoms with van der Waals surface area (Å²) >= 11 is 1.59. The van der Waals surface area contributed by atoms with Gasteiger partial charge >= 0.3 is 6.09 Å². The summed E-state index contributed by atoms with van der Waals surface area (Å²) < 4.78 is 5.32. The maximum atomic E-state index is 13.3. The highest BCUT2D eigenvalue weighted by Crippen LogP contribution is 2.22. The number of benzene rings is 1. The Labute approximate surface area is 188 Å². The largest absolute Gasteiger partial charge is 0.444 e. The van der Waals surface area contributed by atoms with Crippen molar-refractivity contribution in [3.8, 4) is 0 Å². The number of carbonyl (C=O) groups is 3. The molecule has 1 saturated heterocycles. The molecule has 0 spiro atoms. The lowest BCUT2D eigenvalue weighted by atomic mass is 10.1. The van der Waals surface area contributed by atoms with Crippen LogP contribution in [0.15, 0.2) is 24.3 Å². The summed E-state index contributed by atoms with van der Waals surface area (Å²) in [5, 5.41) is 5.58. The number of hydrogen-bond donors (Lipinski definition) is 3. The van der Waals surface area contributed by atoms with Crippen molar-refractivity contribution < 1.29 is 19.1 Å². The summed E-state index contributed by atoms with van der Waals surface area (Å²) in [4.78, 5) is 40.0. The fraction of sp³-hybridized carbons (Fsp3) is 0.591. The Morgan fingerprint density at radius 2 is 1.94 bits per heavy atom. The van der Waals surface area contributed by atoms with Crippen molar-refractivity contribution in [3.05, 3.63) is 29.8 Å². The highest BCUT2D eigenvalue weighted by molar-refractivity contribution is 7.98. The zero-order chi connectivity index (χ0) is 23.0. The third-order valence-corrected chi connectivity index (χ3v) is 5.54. The minimum atomic E-state index is -0.737. The van der Waals surface area contributed by atoms with Crippen LogP contribution in [0, 0.1) is 0 Å². The van der Waals surface area contributed by atoms with Gasteiger partial charge in [-0.2, -0.15) is 11.8 Å². The van der Waals surface area contributed by atoms with Crippen LogP contribution in [-0.4, -0.2) is 59.0 Å². The molecule has 1 aromatic rings. The maximum Gasteiger partial charge on any atom is 0.408 e. The quantitative estimate of drug-likeness (QED) is 0.561. The molecule has 0 unspecified atom stereocenters. The molecule has 0 saturated carbocycles. The molecule has 0 bridgehead atoms. The second kappa shape index (κ2) is 11.4. The summed E-state index contributed by atoms with van der Waals surface area (Å²) in [5.74, 6) is 0.216. The number of anilines is 1. The van der Waals surface area contributed by atoms with Crippen molar-refractivity contribution in [2.75, 3.05) is 23.9 Å². The first kappa shape index (κ1) is 25.0. The Balaban J connectivity index is 2.07. The van der Waals surface area contributed by atoms with Gasteiger partial charge in [-0.05, 0) is 69.7 Å². The van der Waals surface area contributed by atoms with E-state index in [0.717, 1.165) is 12.0 Å². The number of alkyl carbamates (subject to hydrolysis) is 1. The fourth-order valence-electron chi connectivity index (χ4n) is 3.40. The van der Waals surface area contributed by atoms with Crippen LogP contribution in [0.4, 0.5) is 10.5 Å². The number of rotatable bonds is 8. The molecular weight excluding hydrogens is 416 g/mol. The monoisotopic (exact) mass is 450 g/mol. The molecule has 3 amide bonds. The molecule has 1 aliphatic rings. The van der Waals surface area contributed by atoms with Crippen LogP contribution in [0.25, 0.3) is 0 Å². The molecule has 172 valence electrons. The molecule has 0 radical (unpaired) electrons. The normalized spacial score (nSPS) is 17.2. The second-order valence-corrected chi connectivity index (χ2v) is 9.55. The highest BCUT2D eigenvalue weighted by atomic mass is 32.2. The van der Waals surface area contributed by atoms with E-state index in [0.29, 0.717) is 37.4 Å². The van der Waals surface area contributed by atoms with E-state index in [1.165, 1.54) is 0 Å². The van der Waals surface area contributed by atoms with E-state index < -0.39 is 23.8 Å². The lowest BCUT2D eigenvalue weighted by Crippen LogP contribution is -2.53. The second-order valence-electron chi connectivity index (χ2n) is 8.56. The number of likely N-dealkylation sites (tertiary alicyclic amines) is 1. The predicted octanol–water partition coefficient (Wildman–Crippen LogP) is 2.72. The Morgan fingerprint density at radius 3 is 2.52 bits per heavy atom. The lowest BCUT2D eigenvalue weighted by molar-refractivity contribution is -0.138. The van der Waals surface area contributed by atoms with Gasteiger partial charge in [0, 0.05) is 18.8 Å². The fourth-order valence-corrected chi connectivity index (χ4v) is 3.87. The first-order valence-corrected chi connectivity index (χ1v) is 11.9. The zero-order valence-electron chi connectivity index (χ0n) is 18.8. The first-order chi connectivity index (χ1) is 14.6. The number of amides is 3. The van der Waals surface area contributed by atoms with Crippen molar-refractivity contribution in [3.63, 3.8) is 0 Å². The van der Waals surface area contributed by atoms with Crippen LogP contribution in [0.2, 0.25) is 0 Å². The summed E-state index contributed by atoms with van der Waals surface area (Å²) in [5.41, 5.74) is 6.58. The van der Waals surface area contributed by atoms with Crippen molar-refractivity contribution in [1.29, 1.82) is 0 Å². The number of ether oxygens (including phenoxy) is 1. The molecule has 2 rings (SSSR count). The molecule has 31 heavy (non-hydrogen) atoms. The molecule has 0 aromatic heterocycles. The van der Waals surface area contributed by atoms with Crippen molar-refractivity contribution in [1.82, 2.24) is 10.2 Å². The average Bonchev–Trinajstić information content (AvgIpc) is 3.19. The van der Waals surface area contributed by atoms with Crippen LogP contribution >= 0.6 is 11.8 Å². The summed E-state index contributed by atoms with van der Waals surface area (Å²) in [6.07, 6.45) is 3.09. The summed E-state index contributed by atoms with van der Waals surface area (Å²) in [6.45, 7) is 6.22. The summed E-state index contributed by atoms with van der Waals surface area (Å²) in [6, 6.07) is 6.00. The van der Waals surface area contributed by atoms with Crippen LogP contribution in [0.1, 0.15) is 45.6 Å². The lowest BCUT2D eigenvalue weighted by Gasteiger charge is -2.29. The van der Waals surface area contributed by atoms with E-state index in [-0.39, 0.29) is 11.8 Å². The van der Waals surface area contributed by atoms with E-state index in [4.69, 9.17) is 10.5 Å². The summed E-state index contributed by atoms with van der Waals surface area (Å²) in [7, 11) is 0. The maximum absolute atomic E-state index is 13.3. The number of hydrogen-bond acceptors (Lipinski definition) is 6. The number of nitrogens with two attached hydrogens (primary N) is 1. The smallest absolute Gasteiger partial charge is 0.408 e. The van der Waals surface area contributed by atoms with Gasteiger partial charge < -0.3 is 26.0 Å². The molecule has 1 aliphatic heterocycles. The predicted molar refractivity (Wildman–Crippen MR) is 124 cm³/mol. The minimum Gasteiger partial charge on any atom is -0.444 e. The Hall–Kier alpha value is -2.26. The number of nitrogens with zero attached hydrogens (tertiary/aromatic N) is 1. The van der Waals surface area contributed by atoms with Gasteiger partial charge in [0.2, 0.25) is 11.8 Å². The van der Waals surface area contributed by atoms with E-state index in [9.17, 15) is 14.4 Å². The van der Waals surface area contributed by atoms with E-state index in [1.54, 1.807) is 49.6 Å². The third kappa shape index (κ3) is 7.74. The van der Waals surface area contributed by atoms with Gasteiger partial charge in [0.25, 0.3) is 0 Å². The van der Waals surface area contributed by atoms with Gasteiger partial charge in [-0.1, -0.05) is 12.1 Å². The number of nitrogens with one attached hydrogen (secondary N) is 2. The molecule has 1 fully saturated rings. The van der Waals surface area contributed by atoms with Crippen LogP contribution in [0.5, 0.6) is 0 Å². The molecular formula is C22H34N4O4S. The van der Waals surface area contributed by atoms with Crippen LogP contribution < -0.4 is 16.4 Å². The van der Waals surface area contributed by atoms with Gasteiger partial charge in [0.1, 0.15) is 17.7 Å². The van der Waals surface area contributed by atoms with Crippen LogP contribution in [-0.2, 0) is 20.9 Å². The van der Waals surface area contributed by atoms with Crippen molar-refractivity contribution in [2.45, 2.75) is 64.3 Å². The first-order valence-electron chi connectivity index (χ1n) is 10.5. The van der Waals surface area contributed by atoms with E-state index in [2.05, 4.69) is 10.6 Å². The average molecular weight is 451 g/mol. The number of carbonyl (C=O) groups excluding carboxylic acids is 3. The Kier molecular flexibility index (Phi) is 9.18.